The number of benzene rings is 1. The van der Waals surface area contributed by atoms with E-state index in [2.05, 4.69) is 13.8 Å². The molecule has 0 spiro atoms. The predicted molar refractivity (Wildman–Crippen MR) is 113 cm³/mol. The maximum Gasteiger partial charge on any atom is 0.242 e. The number of hydrogen-bond acceptors (Lipinski definition) is 2. The van der Waals surface area contributed by atoms with Crippen molar-refractivity contribution in [2.24, 2.45) is 13.0 Å². The zero-order valence-electron chi connectivity index (χ0n) is 17.8. The first-order valence-corrected chi connectivity index (χ1v) is 9.99. The molecule has 0 saturated carbocycles. The van der Waals surface area contributed by atoms with Crippen LogP contribution in [0.2, 0.25) is 0 Å². The van der Waals surface area contributed by atoms with Crippen molar-refractivity contribution in [2.45, 2.75) is 46.7 Å². The van der Waals surface area contributed by atoms with Gasteiger partial charge in [0.05, 0.1) is 19.5 Å². The summed E-state index contributed by atoms with van der Waals surface area (Å²) in [6.07, 6.45) is 2.30. The second kappa shape index (κ2) is 10.1. The van der Waals surface area contributed by atoms with Crippen molar-refractivity contribution in [3.05, 3.63) is 59.9 Å². The summed E-state index contributed by atoms with van der Waals surface area (Å²) in [5, 5.41) is 0. The zero-order valence-corrected chi connectivity index (χ0v) is 17.8. The maximum absolute atomic E-state index is 13.1. The number of carbonyl (C=O) groups is 2. The molecule has 2 rings (SSSR count). The van der Waals surface area contributed by atoms with E-state index in [1.165, 1.54) is 0 Å². The van der Waals surface area contributed by atoms with Gasteiger partial charge in [-0.25, -0.2) is 0 Å². The Morgan fingerprint density at radius 1 is 0.964 bits per heavy atom. The molecule has 2 aromatic rings. The first-order valence-electron chi connectivity index (χ1n) is 9.99. The molecule has 152 valence electrons. The van der Waals surface area contributed by atoms with Crippen LogP contribution in [-0.2, 0) is 29.6 Å². The van der Waals surface area contributed by atoms with Crippen LogP contribution in [0.5, 0.6) is 0 Å². The average Bonchev–Trinajstić information content (AvgIpc) is 3.03. The van der Waals surface area contributed by atoms with Crippen molar-refractivity contribution in [1.82, 2.24) is 14.4 Å². The molecule has 0 aliphatic rings. The van der Waals surface area contributed by atoms with Gasteiger partial charge >= 0.3 is 0 Å². The van der Waals surface area contributed by atoms with E-state index in [-0.39, 0.29) is 24.4 Å². The van der Waals surface area contributed by atoms with Gasteiger partial charge < -0.3 is 14.4 Å². The van der Waals surface area contributed by atoms with Crippen LogP contribution in [0.1, 0.15) is 39.0 Å². The van der Waals surface area contributed by atoms with Crippen molar-refractivity contribution in [2.75, 3.05) is 13.1 Å². The molecule has 0 N–H and O–H groups in total. The number of aryl methyl sites for hydroxylation is 1. The van der Waals surface area contributed by atoms with E-state index in [4.69, 9.17) is 0 Å². The van der Waals surface area contributed by atoms with Crippen molar-refractivity contribution >= 4 is 11.8 Å². The Hall–Kier alpha value is -2.56. The highest BCUT2D eigenvalue weighted by molar-refractivity contribution is 5.86. The molecule has 1 aromatic heterocycles. The third kappa shape index (κ3) is 6.25. The summed E-state index contributed by atoms with van der Waals surface area (Å²) in [5.41, 5.74) is 2.05. The molecule has 0 aliphatic carbocycles. The monoisotopic (exact) mass is 383 g/mol. The number of rotatable bonds is 9. The summed E-state index contributed by atoms with van der Waals surface area (Å²) in [4.78, 5) is 29.5. The van der Waals surface area contributed by atoms with Gasteiger partial charge in [-0.05, 0) is 37.5 Å². The highest BCUT2D eigenvalue weighted by atomic mass is 16.2. The Morgan fingerprint density at radius 2 is 1.64 bits per heavy atom. The molecule has 1 heterocycles. The van der Waals surface area contributed by atoms with E-state index < -0.39 is 0 Å². The third-order valence-electron chi connectivity index (χ3n) is 4.79. The summed E-state index contributed by atoms with van der Waals surface area (Å²) in [6.45, 7) is 9.46. The van der Waals surface area contributed by atoms with Gasteiger partial charge in [-0.2, -0.15) is 0 Å². The van der Waals surface area contributed by atoms with E-state index >= 15 is 0 Å². The Balaban J connectivity index is 2.10. The summed E-state index contributed by atoms with van der Waals surface area (Å²) in [6, 6.07) is 13.7. The molecular weight excluding hydrogens is 350 g/mol. The summed E-state index contributed by atoms with van der Waals surface area (Å²) < 4.78 is 2.03. The highest BCUT2D eigenvalue weighted by Crippen LogP contribution is 2.12. The van der Waals surface area contributed by atoms with Gasteiger partial charge in [-0.1, -0.05) is 44.2 Å². The van der Waals surface area contributed by atoms with Gasteiger partial charge in [0.25, 0.3) is 0 Å². The topological polar surface area (TPSA) is 45.6 Å². The van der Waals surface area contributed by atoms with Crippen molar-refractivity contribution < 1.29 is 9.59 Å². The quantitative estimate of drug-likeness (QED) is 0.665. The van der Waals surface area contributed by atoms with E-state index in [1.807, 2.05) is 79.0 Å². The molecule has 5 heteroatoms. The van der Waals surface area contributed by atoms with Gasteiger partial charge in [-0.15, -0.1) is 0 Å². The van der Waals surface area contributed by atoms with Crippen LogP contribution in [-0.4, -0.2) is 45.3 Å². The van der Waals surface area contributed by atoms with Crippen LogP contribution in [0.25, 0.3) is 0 Å². The molecule has 0 unspecified atom stereocenters. The molecule has 0 saturated heterocycles. The first kappa shape index (κ1) is 21.7. The van der Waals surface area contributed by atoms with E-state index in [0.717, 1.165) is 11.3 Å². The Bertz CT molecular complexity index is 765. The Labute approximate surface area is 168 Å². The SMILES string of the molecule is CC(C)CN(Cc1cccn1C)C(=O)CN(C(=O)Cc1ccccc1)C(C)C. The molecule has 5 nitrogen and oxygen atoms in total. The van der Waals surface area contributed by atoms with Crippen molar-refractivity contribution in [1.29, 1.82) is 0 Å². The fourth-order valence-electron chi connectivity index (χ4n) is 3.23. The fourth-order valence-corrected chi connectivity index (χ4v) is 3.23. The van der Waals surface area contributed by atoms with Crippen LogP contribution >= 0.6 is 0 Å². The molecule has 0 atom stereocenters. The van der Waals surface area contributed by atoms with Gasteiger partial charge in [0, 0.05) is 31.5 Å². The van der Waals surface area contributed by atoms with E-state index in [9.17, 15) is 9.59 Å². The highest BCUT2D eigenvalue weighted by Gasteiger charge is 2.24. The predicted octanol–water partition coefficient (Wildman–Crippen LogP) is 3.49. The number of carbonyl (C=O) groups excluding carboxylic acids is 2. The van der Waals surface area contributed by atoms with Crippen LogP contribution < -0.4 is 0 Å². The average molecular weight is 384 g/mol. The molecule has 0 aliphatic heterocycles. The standard InChI is InChI=1S/C23H33N3O2/c1-18(2)15-25(16-21-12-9-13-24(21)5)23(28)17-26(19(3)4)22(27)14-20-10-7-6-8-11-20/h6-13,18-19H,14-17H2,1-5H3. The van der Waals surface area contributed by atoms with Crippen molar-refractivity contribution in [3.63, 3.8) is 0 Å². The van der Waals surface area contributed by atoms with Crippen molar-refractivity contribution in [3.8, 4) is 0 Å². The molecular formula is C23H33N3O2. The van der Waals surface area contributed by atoms with Gasteiger partial charge in [0.2, 0.25) is 11.8 Å². The molecule has 2 amide bonds. The minimum Gasteiger partial charge on any atom is -0.353 e. The number of aromatic nitrogens is 1. The lowest BCUT2D eigenvalue weighted by Crippen LogP contribution is -2.47. The molecule has 0 bridgehead atoms. The van der Waals surface area contributed by atoms with Gasteiger partial charge in [-0.3, -0.25) is 9.59 Å². The molecule has 0 fully saturated rings. The lowest BCUT2D eigenvalue weighted by molar-refractivity contribution is -0.142. The molecule has 1 aromatic carbocycles. The zero-order chi connectivity index (χ0) is 20.7. The minimum absolute atomic E-state index is 0.00925. The largest absolute Gasteiger partial charge is 0.353 e. The second-order valence-electron chi connectivity index (χ2n) is 8.06. The second-order valence-corrected chi connectivity index (χ2v) is 8.06. The number of amides is 2. The number of nitrogens with zero attached hydrogens (tertiary/aromatic N) is 3. The van der Waals surface area contributed by atoms with Gasteiger partial charge in [0.15, 0.2) is 0 Å². The minimum atomic E-state index is -0.0314. The summed E-state index contributed by atoms with van der Waals surface area (Å²) in [5.74, 6) is 0.333. The third-order valence-corrected chi connectivity index (χ3v) is 4.79. The molecule has 0 radical (unpaired) electrons. The van der Waals surface area contributed by atoms with Crippen LogP contribution in [0.4, 0.5) is 0 Å². The molecule has 28 heavy (non-hydrogen) atoms. The Morgan fingerprint density at radius 3 is 2.18 bits per heavy atom. The smallest absolute Gasteiger partial charge is 0.242 e. The first-order chi connectivity index (χ1) is 13.3. The summed E-state index contributed by atoms with van der Waals surface area (Å²) >= 11 is 0. The number of hydrogen-bond donors (Lipinski definition) is 0. The Kier molecular flexibility index (Phi) is 7.85. The lowest BCUT2D eigenvalue weighted by atomic mass is 10.1. The summed E-state index contributed by atoms with van der Waals surface area (Å²) in [7, 11) is 1.98. The normalized spacial score (nSPS) is 11.1. The fraction of sp³-hybridized carbons (Fsp3) is 0.478. The van der Waals surface area contributed by atoms with Crippen LogP contribution in [0.15, 0.2) is 48.7 Å². The van der Waals surface area contributed by atoms with E-state index in [1.54, 1.807) is 4.90 Å². The van der Waals surface area contributed by atoms with Gasteiger partial charge in [0.1, 0.15) is 0 Å². The maximum atomic E-state index is 13.1. The lowest BCUT2D eigenvalue weighted by Gasteiger charge is -2.31. The van der Waals surface area contributed by atoms with Crippen LogP contribution in [0, 0.1) is 5.92 Å². The van der Waals surface area contributed by atoms with E-state index in [0.29, 0.717) is 25.4 Å². The van der Waals surface area contributed by atoms with Crippen LogP contribution in [0.3, 0.4) is 0 Å².